The molecule has 1 aliphatic heterocycles. The topological polar surface area (TPSA) is 133 Å². The fraction of sp³-hybridized carbons (Fsp3) is 1.00. The summed E-state index contributed by atoms with van der Waals surface area (Å²) in [5.74, 6) is 0.151. The molecule has 1 fully saturated rings. The van der Waals surface area contributed by atoms with Crippen molar-refractivity contribution in [2.24, 2.45) is 17.8 Å². The maximum absolute atomic E-state index is 10.3. The molecule has 0 saturated carbocycles. The van der Waals surface area contributed by atoms with Gasteiger partial charge in [-0.1, -0.05) is 20.8 Å². The zero-order valence-electron chi connectivity index (χ0n) is 10.7. The Kier molecular flexibility index (Phi) is 10.6. The molecule has 104 valence electrons. The molecular weight excluding hydrogens is 388 g/mol. The van der Waals surface area contributed by atoms with Crippen LogP contribution in [0.4, 0.5) is 0 Å². The molecule has 1 saturated heterocycles. The molecule has 0 aromatic rings. The molecule has 0 bridgehead atoms. The van der Waals surface area contributed by atoms with E-state index in [1.165, 1.54) is 0 Å². The van der Waals surface area contributed by atoms with Crippen molar-refractivity contribution in [3.05, 3.63) is 0 Å². The zero-order chi connectivity index (χ0) is 12.5. The van der Waals surface area contributed by atoms with Crippen LogP contribution < -0.4 is 9.79 Å². The van der Waals surface area contributed by atoms with E-state index in [1.54, 1.807) is 0 Å². The Morgan fingerprint density at radius 3 is 2.17 bits per heavy atom. The van der Waals surface area contributed by atoms with Crippen LogP contribution >= 0.6 is 7.82 Å². The van der Waals surface area contributed by atoms with Gasteiger partial charge in [0.25, 0.3) is 0 Å². The van der Waals surface area contributed by atoms with Gasteiger partial charge in [-0.2, -0.15) is 0 Å². The first-order chi connectivity index (χ1) is 7.22. The molecule has 1 unspecified atom stereocenters. The molecule has 3 N–H and O–H groups in total. The zero-order valence-corrected chi connectivity index (χ0v) is 16.1. The Morgan fingerprint density at radius 1 is 1.22 bits per heavy atom. The third-order valence-corrected chi connectivity index (χ3v) is 3.87. The Hall–Kier alpha value is 1.56. The summed E-state index contributed by atoms with van der Waals surface area (Å²) in [5, 5.41) is 9.56. The second kappa shape index (κ2) is 8.76. The molecule has 0 aliphatic carbocycles. The second-order valence-corrected chi connectivity index (χ2v) is 5.54. The predicted molar refractivity (Wildman–Crippen MR) is 61.3 cm³/mol. The van der Waals surface area contributed by atoms with Gasteiger partial charge >= 0.3 is 48.9 Å². The van der Waals surface area contributed by atoms with Crippen molar-refractivity contribution in [2.75, 3.05) is 6.61 Å². The maximum Gasteiger partial charge on any atom is 2.00 e. The minimum absolute atomic E-state index is 0. The second-order valence-electron chi connectivity index (χ2n) is 4.39. The van der Waals surface area contributed by atoms with Crippen molar-refractivity contribution in [2.45, 2.75) is 33.2 Å². The molecule has 1 aliphatic rings. The number of rotatable bonds is 3. The molecule has 0 spiro atoms. The van der Waals surface area contributed by atoms with E-state index in [0.29, 0.717) is 0 Å². The van der Waals surface area contributed by atoms with E-state index in [9.17, 15) is 19.5 Å². The third kappa shape index (κ3) is 6.34. The molecule has 0 radical (unpaired) electrons. The molecule has 1 heterocycles. The Morgan fingerprint density at radius 2 is 1.72 bits per heavy atom. The quantitative estimate of drug-likeness (QED) is 0.436. The van der Waals surface area contributed by atoms with Crippen LogP contribution in [0.15, 0.2) is 0 Å². The first-order valence-electron chi connectivity index (χ1n) is 5.22. The van der Waals surface area contributed by atoms with Gasteiger partial charge in [-0.25, -0.2) is 0 Å². The third-order valence-electron chi connectivity index (χ3n) is 3.41. The van der Waals surface area contributed by atoms with Crippen LogP contribution in [0.5, 0.6) is 0 Å². The fourth-order valence-electron chi connectivity index (χ4n) is 1.86. The van der Waals surface area contributed by atoms with E-state index in [0.717, 1.165) is 0 Å². The number of hydrogen-bond acceptors (Lipinski definition) is 6. The van der Waals surface area contributed by atoms with Crippen LogP contribution in [-0.2, 0) is 13.8 Å². The van der Waals surface area contributed by atoms with Crippen molar-refractivity contribution >= 4 is 56.7 Å². The van der Waals surface area contributed by atoms with Gasteiger partial charge in [0.1, 0.15) is 0 Å². The normalized spacial score (nSPS) is 36.4. The summed E-state index contributed by atoms with van der Waals surface area (Å²) >= 11 is 0. The van der Waals surface area contributed by atoms with Crippen LogP contribution in [0.3, 0.4) is 0 Å². The van der Waals surface area contributed by atoms with Crippen LogP contribution in [-0.4, -0.2) is 78.5 Å². The molecule has 0 aromatic heterocycles. The van der Waals surface area contributed by atoms with Gasteiger partial charge in [-0.3, -0.25) is 0 Å². The number of hydrogen-bond donors (Lipinski definition) is 1. The van der Waals surface area contributed by atoms with Gasteiger partial charge < -0.3 is 34.2 Å². The number of aliphatic hydroxyl groups excluding tert-OH is 1. The van der Waals surface area contributed by atoms with Crippen molar-refractivity contribution in [1.29, 1.82) is 0 Å². The van der Waals surface area contributed by atoms with E-state index in [1.807, 2.05) is 20.8 Å². The van der Waals surface area contributed by atoms with Crippen LogP contribution in [0.1, 0.15) is 20.8 Å². The van der Waals surface area contributed by atoms with Gasteiger partial charge in [0.15, 0.2) is 6.29 Å². The standard InChI is InChI=1S/C9H19O6P.Ba.H2O/c1-5-6(2)8(4-14-16(11,12)13)15-9(10)7(5)3;;/h5-10H,4H2,1-3H3,(H2,11,12,13);;1H2/q;+2;/p-2/t5-,6-,7+,8+,9?;;/m0../s1. The molecule has 1 rings (SSSR count). The van der Waals surface area contributed by atoms with E-state index < -0.39 is 20.2 Å². The smallest absolute Gasteiger partial charge is 0.790 e. The van der Waals surface area contributed by atoms with Crippen molar-refractivity contribution in [3.8, 4) is 0 Å². The largest absolute Gasteiger partial charge is 2.00 e. The predicted octanol–water partition coefficient (Wildman–Crippen LogP) is -1.75. The van der Waals surface area contributed by atoms with Gasteiger partial charge in [0, 0.05) is 5.92 Å². The van der Waals surface area contributed by atoms with Crippen molar-refractivity contribution < 1.29 is 34.2 Å². The van der Waals surface area contributed by atoms with Crippen LogP contribution in [0, 0.1) is 17.8 Å². The van der Waals surface area contributed by atoms with Crippen molar-refractivity contribution in [1.82, 2.24) is 0 Å². The van der Waals surface area contributed by atoms with Crippen molar-refractivity contribution in [3.63, 3.8) is 0 Å². The SMILES string of the molecule is C[C@H]1[C@H](C)[C@@H](C)C(O)O[C@@H]1COP(=O)([O-])[O-].O.[Ba+2]. The minimum Gasteiger partial charge on any atom is -0.790 e. The fourth-order valence-corrected chi connectivity index (χ4v) is 2.19. The number of phosphoric acid groups is 1. The Balaban J connectivity index is 0. The van der Waals surface area contributed by atoms with Gasteiger partial charge in [0.05, 0.1) is 20.5 Å². The maximum atomic E-state index is 10.3. The summed E-state index contributed by atoms with van der Waals surface area (Å²) in [7, 11) is -4.98. The van der Waals surface area contributed by atoms with Gasteiger partial charge in [-0.05, 0) is 11.8 Å². The molecule has 0 aromatic carbocycles. The van der Waals surface area contributed by atoms with Crippen LogP contribution in [0.2, 0.25) is 0 Å². The molecule has 9 heteroatoms. The summed E-state index contributed by atoms with van der Waals surface area (Å²) in [6.07, 6.45) is -1.52. The summed E-state index contributed by atoms with van der Waals surface area (Å²) in [5.41, 5.74) is 0. The number of ether oxygens (including phenoxy) is 1. The molecular formula is C9H19BaO7P. The van der Waals surface area contributed by atoms with Gasteiger partial charge in [0.2, 0.25) is 0 Å². The number of phosphoric ester groups is 1. The molecule has 7 nitrogen and oxygen atoms in total. The van der Waals surface area contributed by atoms with E-state index in [-0.39, 0.29) is 78.7 Å². The summed E-state index contributed by atoms with van der Waals surface area (Å²) < 4.78 is 19.7. The van der Waals surface area contributed by atoms with Crippen LogP contribution in [0.25, 0.3) is 0 Å². The summed E-state index contributed by atoms with van der Waals surface area (Å²) in [6, 6.07) is 0. The molecule has 5 atom stereocenters. The first-order valence-corrected chi connectivity index (χ1v) is 6.68. The van der Waals surface area contributed by atoms with E-state index in [4.69, 9.17) is 4.74 Å². The van der Waals surface area contributed by atoms with E-state index in [2.05, 4.69) is 4.52 Å². The Labute approximate surface area is 147 Å². The number of aliphatic hydroxyl groups is 1. The summed E-state index contributed by atoms with van der Waals surface area (Å²) in [6.45, 7) is 5.35. The molecule has 18 heavy (non-hydrogen) atoms. The minimum atomic E-state index is -4.98. The summed E-state index contributed by atoms with van der Waals surface area (Å²) in [4.78, 5) is 20.7. The van der Waals surface area contributed by atoms with E-state index >= 15 is 0 Å². The first kappa shape index (κ1) is 21.9. The Bertz CT molecular complexity index is 284. The monoisotopic (exact) mass is 408 g/mol. The average molecular weight is 408 g/mol. The average Bonchev–Trinajstić information content (AvgIpc) is 2.17. The van der Waals surface area contributed by atoms with Gasteiger partial charge in [-0.15, -0.1) is 0 Å². The molecule has 0 amide bonds.